The van der Waals surface area contributed by atoms with E-state index in [1.165, 1.54) is 19.1 Å². The van der Waals surface area contributed by atoms with E-state index in [2.05, 4.69) is 25.5 Å². The molecule has 10 nitrogen and oxygen atoms in total. The molecule has 0 saturated carbocycles. The molecule has 0 unspecified atom stereocenters. The molecule has 1 N–H and O–H groups in total. The molecule has 1 fully saturated rings. The second-order valence-electron chi connectivity index (χ2n) is 13.9. The summed E-state index contributed by atoms with van der Waals surface area (Å²) in [4.78, 5) is 23.3. The molecule has 52 heavy (non-hydrogen) atoms. The summed E-state index contributed by atoms with van der Waals surface area (Å²) in [6.45, 7) is 8.07. The van der Waals surface area contributed by atoms with Gasteiger partial charge in [0, 0.05) is 32.0 Å². The van der Waals surface area contributed by atoms with Gasteiger partial charge in [-0.05, 0) is 75.6 Å². The first kappa shape index (κ1) is 37.0. The van der Waals surface area contributed by atoms with Gasteiger partial charge in [-0.2, -0.15) is 26.3 Å². The average Bonchev–Trinajstić information content (AvgIpc) is 3.70. The first-order valence-corrected chi connectivity index (χ1v) is 16.5. The van der Waals surface area contributed by atoms with Crippen LogP contribution in [0.15, 0.2) is 54.9 Å². The van der Waals surface area contributed by atoms with Crippen LogP contribution in [0.4, 0.5) is 41.3 Å². The van der Waals surface area contributed by atoms with Crippen molar-refractivity contribution in [2.75, 3.05) is 18.0 Å². The van der Waals surface area contributed by atoms with Crippen LogP contribution in [0.25, 0.3) is 11.5 Å². The summed E-state index contributed by atoms with van der Waals surface area (Å²) >= 11 is 0. The Morgan fingerprint density at radius 3 is 2.19 bits per heavy atom. The number of alkyl carbamates (subject to hydrolysis) is 1. The zero-order chi connectivity index (χ0) is 37.6. The fraction of sp³-hybridized carbons (Fsp3) is 0.457. The lowest BCUT2D eigenvalue weighted by Crippen LogP contribution is -2.40. The maximum absolute atomic E-state index is 13.9. The summed E-state index contributed by atoms with van der Waals surface area (Å²) < 4.78 is 109. The molecule has 0 aliphatic carbocycles. The second kappa shape index (κ2) is 14.0. The topological polar surface area (TPSA) is 107 Å². The summed E-state index contributed by atoms with van der Waals surface area (Å²) in [5, 5.41) is 11.5. The molecule has 2 aliphatic heterocycles. The number of benzene rings is 2. The number of rotatable bonds is 7. The first-order chi connectivity index (χ1) is 24.3. The average molecular weight is 736 g/mol. The molecule has 2 aromatic carbocycles. The van der Waals surface area contributed by atoms with Crippen LogP contribution in [0.5, 0.6) is 0 Å². The zero-order valence-corrected chi connectivity index (χ0v) is 28.6. The number of nitrogens with zero attached hydrogens (tertiary/aromatic N) is 6. The molecule has 4 aromatic rings. The number of alkyl halides is 6. The number of carbonyl (C=O) groups excluding carboxylic acids is 1. The molecular formula is C35H36F7N7O3. The number of aromatic nitrogens is 5. The van der Waals surface area contributed by atoms with Gasteiger partial charge in [0.2, 0.25) is 0 Å². The van der Waals surface area contributed by atoms with Crippen LogP contribution in [0.3, 0.4) is 0 Å². The van der Waals surface area contributed by atoms with Crippen molar-refractivity contribution >= 4 is 11.9 Å². The Morgan fingerprint density at radius 2 is 1.60 bits per heavy atom. The van der Waals surface area contributed by atoms with E-state index >= 15 is 0 Å². The lowest BCUT2D eigenvalue weighted by Gasteiger charge is -2.35. The summed E-state index contributed by atoms with van der Waals surface area (Å²) in [6.07, 6.45) is -8.57. The number of carbonyl (C=O) groups is 1. The molecule has 278 valence electrons. The van der Waals surface area contributed by atoms with Gasteiger partial charge in [0.1, 0.15) is 28.8 Å². The van der Waals surface area contributed by atoms with Gasteiger partial charge in [-0.25, -0.2) is 19.2 Å². The van der Waals surface area contributed by atoms with E-state index in [4.69, 9.17) is 9.47 Å². The van der Waals surface area contributed by atoms with Crippen molar-refractivity contribution in [2.45, 2.75) is 89.2 Å². The normalized spacial score (nSPS) is 20.1. The number of anilines is 1. The molecule has 6 rings (SSSR count). The third-order valence-electron chi connectivity index (χ3n) is 8.90. The fourth-order valence-corrected chi connectivity index (χ4v) is 6.39. The highest BCUT2D eigenvalue weighted by Gasteiger charge is 2.39. The Labute approximate surface area is 294 Å². The molecule has 1 amide bonds. The quantitative estimate of drug-likeness (QED) is 0.195. The standard InChI is InChI=1S/C35H36F7N7O3/c1-19(21-11-22(34(37,38)39)13-23(12-21)35(40,41)42)51-28-14-29-46-47-31(49(29)18-26(28)20-5-7-24(36)8-6-20)27-15-44-30(16-43-27)48-10-9-25(17-48)45-32(50)52-33(2,3)4/h5-8,11-13,15-16,19,25-26,28H,9-10,14,17-18H2,1-4H3,(H,45,50)/t19-,25-,26-,28+/m1/s1. The van der Waals surface area contributed by atoms with Crippen molar-refractivity contribution in [3.05, 3.63) is 88.8 Å². The van der Waals surface area contributed by atoms with Crippen molar-refractivity contribution in [3.63, 3.8) is 0 Å². The number of fused-ring (bicyclic) bond motifs is 1. The third-order valence-corrected chi connectivity index (χ3v) is 8.90. The Kier molecular flexibility index (Phi) is 9.93. The minimum absolute atomic E-state index is 0.0728. The van der Waals surface area contributed by atoms with Gasteiger partial charge in [0.05, 0.1) is 41.8 Å². The summed E-state index contributed by atoms with van der Waals surface area (Å²) in [7, 11) is 0. The molecule has 1 saturated heterocycles. The van der Waals surface area contributed by atoms with Gasteiger partial charge >= 0.3 is 18.4 Å². The number of ether oxygens (including phenoxy) is 2. The Morgan fingerprint density at radius 1 is 0.923 bits per heavy atom. The SMILES string of the molecule is C[C@@H](O[C@H]1Cc2nnc(-c3cnc(N4CC[C@@H](NC(=O)OC(C)(C)C)C4)cn3)n2C[C@@H]1c1ccc(F)cc1)c1cc(C(F)(F)F)cc(C(F)(F)F)c1. The van der Waals surface area contributed by atoms with E-state index < -0.39 is 59.1 Å². The molecule has 0 bridgehead atoms. The van der Waals surface area contributed by atoms with E-state index in [-0.39, 0.29) is 30.6 Å². The minimum atomic E-state index is -5.01. The van der Waals surface area contributed by atoms with Gasteiger partial charge < -0.3 is 24.3 Å². The lowest BCUT2D eigenvalue weighted by atomic mass is 9.88. The van der Waals surface area contributed by atoms with Gasteiger partial charge in [-0.15, -0.1) is 10.2 Å². The molecular weight excluding hydrogens is 699 g/mol. The number of nitrogens with one attached hydrogen (secondary N) is 1. The van der Waals surface area contributed by atoms with E-state index in [0.717, 1.165) is 0 Å². The van der Waals surface area contributed by atoms with E-state index in [1.807, 2.05) is 4.90 Å². The second-order valence-corrected chi connectivity index (χ2v) is 13.9. The fourth-order valence-electron chi connectivity index (χ4n) is 6.39. The van der Waals surface area contributed by atoms with Crippen LogP contribution in [0.2, 0.25) is 0 Å². The predicted molar refractivity (Wildman–Crippen MR) is 174 cm³/mol. The maximum atomic E-state index is 13.9. The van der Waals surface area contributed by atoms with Crippen molar-refractivity contribution in [2.24, 2.45) is 0 Å². The molecule has 0 radical (unpaired) electrons. The van der Waals surface area contributed by atoms with Crippen molar-refractivity contribution in [1.82, 2.24) is 30.0 Å². The van der Waals surface area contributed by atoms with Gasteiger partial charge in [0.15, 0.2) is 5.82 Å². The Balaban J connectivity index is 1.22. The molecule has 0 spiro atoms. The Bertz CT molecular complexity index is 1860. The highest BCUT2D eigenvalue weighted by atomic mass is 19.4. The first-order valence-electron chi connectivity index (χ1n) is 16.5. The monoisotopic (exact) mass is 735 g/mol. The minimum Gasteiger partial charge on any atom is -0.444 e. The number of halogens is 7. The summed E-state index contributed by atoms with van der Waals surface area (Å²) in [6, 6.07) is 6.87. The lowest BCUT2D eigenvalue weighted by molar-refractivity contribution is -0.143. The largest absolute Gasteiger partial charge is 0.444 e. The van der Waals surface area contributed by atoms with E-state index in [1.54, 1.807) is 49.9 Å². The molecule has 2 aliphatic rings. The van der Waals surface area contributed by atoms with Crippen molar-refractivity contribution in [1.29, 1.82) is 0 Å². The molecule has 4 atom stereocenters. The van der Waals surface area contributed by atoms with E-state index in [9.17, 15) is 35.5 Å². The van der Waals surface area contributed by atoms with Crippen LogP contribution in [0.1, 0.15) is 74.2 Å². The van der Waals surface area contributed by atoms with Crippen molar-refractivity contribution < 1.29 is 45.0 Å². The van der Waals surface area contributed by atoms with Crippen LogP contribution in [-0.4, -0.2) is 61.7 Å². The van der Waals surface area contributed by atoms with Crippen LogP contribution in [-0.2, 0) is 34.8 Å². The van der Waals surface area contributed by atoms with Crippen molar-refractivity contribution in [3.8, 4) is 11.5 Å². The van der Waals surface area contributed by atoms with Crippen LogP contribution in [0, 0.1) is 5.82 Å². The molecule has 2 aromatic heterocycles. The van der Waals surface area contributed by atoms with E-state index in [0.29, 0.717) is 60.4 Å². The van der Waals surface area contributed by atoms with Gasteiger partial charge in [-0.3, -0.25) is 0 Å². The number of hydrogen-bond donors (Lipinski definition) is 1. The molecule has 4 heterocycles. The smallest absolute Gasteiger partial charge is 0.416 e. The highest BCUT2D eigenvalue weighted by Crippen LogP contribution is 2.40. The summed E-state index contributed by atoms with van der Waals surface area (Å²) in [5.41, 5.74) is -2.76. The maximum Gasteiger partial charge on any atom is 0.416 e. The van der Waals surface area contributed by atoms with Crippen LogP contribution >= 0.6 is 0 Å². The number of hydrogen-bond acceptors (Lipinski definition) is 8. The highest BCUT2D eigenvalue weighted by molar-refractivity contribution is 5.68. The van der Waals surface area contributed by atoms with Gasteiger partial charge in [-0.1, -0.05) is 12.1 Å². The Hall–Kier alpha value is -4.80. The van der Waals surface area contributed by atoms with Gasteiger partial charge in [0.25, 0.3) is 0 Å². The molecule has 17 heteroatoms. The summed E-state index contributed by atoms with van der Waals surface area (Å²) in [5.74, 6) is 0.410. The zero-order valence-electron chi connectivity index (χ0n) is 28.6. The third kappa shape index (κ3) is 8.45. The number of amides is 1. The van der Waals surface area contributed by atoms with Crippen LogP contribution < -0.4 is 10.2 Å². The predicted octanol–water partition coefficient (Wildman–Crippen LogP) is 7.50.